The Kier molecular flexibility index (Phi) is 9.64. The molecule has 38 heavy (non-hydrogen) atoms. The van der Waals surface area contributed by atoms with Gasteiger partial charge in [-0.3, -0.25) is 28.0 Å². The molecule has 0 radical (unpaired) electrons. The SMILES string of the molecule is [N-]=[N+]=NCC1O[C@H](OP(=O)([O-])OP(=O)([O-])OC[C@H]2O[C@@H](n3ccc(=O)[nH]c3=O)C(O)[C@H]2O)C(O)[C@@H](O)[C@H]1O. The zero-order valence-electron chi connectivity index (χ0n) is 18.7. The van der Waals surface area contributed by atoms with Gasteiger partial charge in [-0.2, -0.15) is 0 Å². The summed E-state index contributed by atoms with van der Waals surface area (Å²) in [5.74, 6) is 0. The molecule has 6 N–H and O–H groups in total. The summed E-state index contributed by atoms with van der Waals surface area (Å²) < 4.78 is 47.5. The normalized spacial score (nSPS) is 36.7. The molecule has 0 bridgehead atoms. The Bertz CT molecular complexity index is 1250. The number of aliphatic hydroxyl groups excluding tert-OH is 5. The van der Waals surface area contributed by atoms with Crippen molar-refractivity contribution < 1.29 is 67.3 Å². The van der Waals surface area contributed by atoms with Gasteiger partial charge in [-0.1, -0.05) is 5.11 Å². The van der Waals surface area contributed by atoms with E-state index < -0.39 is 95.3 Å². The van der Waals surface area contributed by atoms with Crippen molar-refractivity contribution in [3.63, 3.8) is 0 Å². The summed E-state index contributed by atoms with van der Waals surface area (Å²) in [5.41, 5.74) is 6.56. The fraction of sp³-hybridized carbons (Fsp3) is 0.733. The maximum atomic E-state index is 12.1. The number of phosphoric ester groups is 2. The first kappa shape index (κ1) is 30.5. The van der Waals surface area contributed by atoms with E-state index in [0.29, 0.717) is 4.57 Å². The third-order valence-electron chi connectivity index (χ3n) is 5.29. The number of ether oxygens (including phenoxy) is 2. The first-order valence-corrected chi connectivity index (χ1v) is 13.3. The quantitative estimate of drug-likeness (QED) is 0.0645. The van der Waals surface area contributed by atoms with Crippen molar-refractivity contribution in [1.29, 1.82) is 0 Å². The number of aromatic nitrogens is 2. The average Bonchev–Trinajstić information content (AvgIpc) is 3.10. The summed E-state index contributed by atoms with van der Waals surface area (Å²) in [7, 11) is -11.8. The molecule has 214 valence electrons. The highest BCUT2D eigenvalue weighted by atomic mass is 31.3. The minimum atomic E-state index is -5.94. The van der Waals surface area contributed by atoms with Crippen LogP contribution in [0.1, 0.15) is 6.23 Å². The molecule has 5 unspecified atom stereocenters. The lowest BCUT2D eigenvalue weighted by Crippen LogP contribution is -2.58. The van der Waals surface area contributed by atoms with Gasteiger partial charge in [-0.25, -0.2) is 9.11 Å². The first-order valence-electron chi connectivity index (χ1n) is 10.4. The summed E-state index contributed by atoms with van der Waals surface area (Å²) in [4.78, 5) is 51.5. The lowest BCUT2D eigenvalue weighted by atomic mass is 9.99. The van der Waals surface area contributed by atoms with E-state index in [9.17, 15) is 54.0 Å². The van der Waals surface area contributed by atoms with Crippen molar-refractivity contribution in [3.8, 4) is 0 Å². The van der Waals surface area contributed by atoms with Crippen LogP contribution in [0.25, 0.3) is 10.4 Å². The van der Waals surface area contributed by atoms with Crippen LogP contribution in [-0.2, 0) is 32.0 Å². The van der Waals surface area contributed by atoms with Gasteiger partial charge in [0.2, 0.25) is 0 Å². The minimum Gasteiger partial charge on any atom is -0.756 e. The van der Waals surface area contributed by atoms with E-state index in [1.807, 2.05) is 4.98 Å². The second kappa shape index (κ2) is 12.0. The Balaban J connectivity index is 1.62. The van der Waals surface area contributed by atoms with Gasteiger partial charge < -0.3 is 49.3 Å². The van der Waals surface area contributed by atoms with Gasteiger partial charge in [-0.05, 0) is 5.53 Å². The molecule has 1 aromatic heterocycles. The molecule has 21 nitrogen and oxygen atoms in total. The molecule has 0 saturated carbocycles. The van der Waals surface area contributed by atoms with Gasteiger partial charge in [0.05, 0.1) is 19.3 Å². The van der Waals surface area contributed by atoms with Crippen molar-refractivity contribution in [2.75, 3.05) is 13.2 Å². The van der Waals surface area contributed by atoms with E-state index >= 15 is 0 Å². The third kappa shape index (κ3) is 7.13. The monoisotopic (exact) mass is 589 g/mol. The molecule has 2 aliphatic heterocycles. The molecule has 0 spiro atoms. The van der Waals surface area contributed by atoms with Gasteiger partial charge in [0.25, 0.3) is 21.2 Å². The van der Waals surface area contributed by atoms with Crippen LogP contribution in [0.5, 0.6) is 0 Å². The summed E-state index contributed by atoms with van der Waals surface area (Å²) in [6.45, 7) is -1.76. The van der Waals surface area contributed by atoms with Gasteiger partial charge in [0.15, 0.2) is 12.5 Å². The van der Waals surface area contributed by atoms with Gasteiger partial charge >= 0.3 is 5.69 Å². The number of hydrogen-bond donors (Lipinski definition) is 6. The molecule has 0 aromatic carbocycles. The highest BCUT2D eigenvalue weighted by molar-refractivity contribution is 7.59. The summed E-state index contributed by atoms with van der Waals surface area (Å²) in [6, 6.07) is 0.908. The fourth-order valence-corrected chi connectivity index (χ4v) is 5.53. The Morgan fingerprint density at radius 3 is 2.32 bits per heavy atom. The fourth-order valence-electron chi connectivity index (χ4n) is 3.45. The van der Waals surface area contributed by atoms with Crippen LogP contribution in [0.15, 0.2) is 27.0 Å². The minimum absolute atomic E-state index is 0.629. The highest BCUT2D eigenvalue weighted by Crippen LogP contribution is 2.57. The average molecular weight is 589 g/mol. The molecular formula is C15H21N5O16P2-2. The lowest BCUT2D eigenvalue weighted by molar-refractivity contribution is -0.300. The van der Waals surface area contributed by atoms with Crippen LogP contribution in [0.3, 0.4) is 0 Å². The summed E-state index contributed by atoms with van der Waals surface area (Å²) in [6.07, 6.45) is -15.9. The molecule has 0 amide bonds. The van der Waals surface area contributed by atoms with Crippen molar-refractivity contribution in [2.24, 2.45) is 5.11 Å². The van der Waals surface area contributed by atoms with Crippen molar-refractivity contribution in [3.05, 3.63) is 43.5 Å². The predicted octanol–water partition coefficient (Wildman–Crippen LogP) is -4.74. The zero-order valence-corrected chi connectivity index (χ0v) is 20.5. The molecule has 3 rings (SSSR count). The number of hydrogen-bond acceptors (Lipinski definition) is 17. The molecule has 23 heteroatoms. The number of H-pyrrole nitrogens is 1. The van der Waals surface area contributed by atoms with Gasteiger partial charge in [0.1, 0.15) is 36.6 Å². The smallest absolute Gasteiger partial charge is 0.330 e. The number of nitrogens with one attached hydrogen (secondary N) is 1. The molecule has 1 aromatic rings. The van der Waals surface area contributed by atoms with E-state index in [2.05, 4.69) is 23.4 Å². The van der Waals surface area contributed by atoms with Crippen LogP contribution in [0.2, 0.25) is 0 Å². The molecule has 11 atom stereocenters. The van der Waals surface area contributed by atoms with E-state index in [1.165, 1.54) is 0 Å². The van der Waals surface area contributed by atoms with E-state index in [-0.39, 0.29) is 0 Å². The number of aliphatic hydroxyl groups is 5. The van der Waals surface area contributed by atoms with Crippen molar-refractivity contribution >= 4 is 15.6 Å². The molecule has 2 fully saturated rings. The number of phosphoric acid groups is 2. The molecular weight excluding hydrogens is 568 g/mol. The molecule has 0 aliphatic carbocycles. The second-order valence-corrected chi connectivity index (χ2v) is 10.8. The van der Waals surface area contributed by atoms with Gasteiger partial charge in [0, 0.05) is 17.2 Å². The predicted molar refractivity (Wildman–Crippen MR) is 111 cm³/mol. The Hall–Kier alpha value is -2.03. The highest BCUT2D eigenvalue weighted by Gasteiger charge is 2.47. The molecule has 2 saturated heterocycles. The van der Waals surface area contributed by atoms with Crippen LogP contribution < -0.4 is 21.0 Å². The van der Waals surface area contributed by atoms with Crippen LogP contribution in [0, 0.1) is 0 Å². The number of azide groups is 1. The molecule has 2 aliphatic rings. The van der Waals surface area contributed by atoms with Crippen LogP contribution in [-0.4, -0.2) is 97.3 Å². The van der Waals surface area contributed by atoms with Crippen LogP contribution >= 0.6 is 15.6 Å². The Morgan fingerprint density at radius 1 is 1.03 bits per heavy atom. The maximum absolute atomic E-state index is 12.1. The Morgan fingerprint density at radius 2 is 1.68 bits per heavy atom. The summed E-state index contributed by atoms with van der Waals surface area (Å²) in [5, 5.41) is 52.9. The zero-order chi connectivity index (χ0) is 28.4. The van der Waals surface area contributed by atoms with E-state index in [4.69, 9.17) is 15.0 Å². The van der Waals surface area contributed by atoms with Crippen molar-refractivity contribution in [2.45, 2.75) is 55.2 Å². The third-order valence-corrected chi connectivity index (χ3v) is 7.82. The topological polar surface area (TPSA) is 331 Å². The standard InChI is InChI=1S/C15H23N5O16P2/c16-19-17-3-5-8(22)10(24)12(26)14(34-5)35-38(30,31)36-37(28,29)32-4-6-9(23)11(25)13(33-6)20-2-1-7(21)18-15(20)27/h1-2,5-6,8-14,22-26H,3-4H2,(H,28,29)(H,30,31)(H,18,21,27)/p-2/t5?,6-,8+,9+,10+,11?,12?,13-,14-/m1/s1. The van der Waals surface area contributed by atoms with Gasteiger partial charge in [-0.15, -0.1) is 0 Å². The Labute approximate surface area is 210 Å². The molecule has 3 heterocycles. The number of nitrogens with zero attached hydrogens (tertiary/aromatic N) is 4. The summed E-state index contributed by atoms with van der Waals surface area (Å²) >= 11 is 0. The first-order chi connectivity index (χ1) is 17.7. The second-order valence-electron chi connectivity index (χ2n) is 7.87. The van der Waals surface area contributed by atoms with Crippen LogP contribution in [0.4, 0.5) is 0 Å². The number of rotatable bonds is 10. The van der Waals surface area contributed by atoms with Crippen molar-refractivity contribution in [1.82, 2.24) is 9.55 Å². The van der Waals surface area contributed by atoms with E-state index in [0.717, 1.165) is 12.3 Å². The van der Waals surface area contributed by atoms with E-state index in [1.54, 1.807) is 0 Å². The lowest BCUT2D eigenvalue weighted by Gasteiger charge is -2.42. The maximum Gasteiger partial charge on any atom is 0.330 e. The largest absolute Gasteiger partial charge is 0.756 e. The number of aromatic amines is 1.